The van der Waals surface area contributed by atoms with Crippen molar-refractivity contribution < 1.29 is 4.42 Å². The van der Waals surface area contributed by atoms with E-state index in [1.165, 1.54) is 31.3 Å². The summed E-state index contributed by atoms with van der Waals surface area (Å²) in [5, 5.41) is 4.73. The van der Waals surface area contributed by atoms with E-state index in [0.29, 0.717) is 17.5 Å². The third kappa shape index (κ3) is 4.87. The first-order chi connectivity index (χ1) is 24.7. The number of aromatic nitrogens is 3. The molecule has 0 unspecified atom stereocenters. The highest BCUT2D eigenvalue weighted by Gasteiger charge is 2.16. The summed E-state index contributed by atoms with van der Waals surface area (Å²) in [5.74, 6) is 1.85. The number of rotatable bonds is 5. The number of nitrogens with zero attached hydrogens (tertiary/aromatic N) is 3. The minimum Gasteiger partial charge on any atom is -0.456 e. The molecular weight excluding hydrogens is 631 g/mol. The maximum atomic E-state index is 6.56. The number of thiophene rings is 1. The Bertz CT molecular complexity index is 2860. The van der Waals surface area contributed by atoms with Gasteiger partial charge in [0.05, 0.1) is 0 Å². The van der Waals surface area contributed by atoms with Crippen molar-refractivity contribution in [1.82, 2.24) is 15.0 Å². The van der Waals surface area contributed by atoms with Crippen LogP contribution < -0.4 is 0 Å². The topological polar surface area (TPSA) is 51.8 Å². The van der Waals surface area contributed by atoms with Gasteiger partial charge >= 0.3 is 0 Å². The predicted molar refractivity (Wildman–Crippen MR) is 207 cm³/mol. The molecule has 3 heterocycles. The molecule has 0 fully saturated rings. The van der Waals surface area contributed by atoms with E-state index in [0.717, 1.165) is 49.8 Å². The van der Waals surface area contributed by atoms with Gasteiger partial charge < -0.3 is 4.42 Å². The van der Waals surface area contributed by atoms with E-state index >= 15 is 0 Å². The van der Waals surface area contributed by atoms with Crippen LogP contribution in [0.1, 0.15) is 0 Å². The zero-order valence-corrected chi connectivity index (χ0v) is 27.6. The Kier molecular flexibility index (Phi) is 6.64. The van der Waals surface area contributed by atoms with Gasteiger partial charge in [-0.1, -0.05) is 133 Å². The summed E-state index contributed by atoms with van der Waals surface area (Å²) < 4.78 is 9.16. The summed E-state index contributed by atoms with van der Waals surface area (Å²) in [7, 11) is 0. The van der Waals surface area contributed by atoms with Gasteiger partial charge in [-0.25, -0.2) is 15.0 Å². The van der Waals surface area contributed by atoms with Gasteiger partial charge in [0.2, 0.25) is 0 Å². The summed E-state index contributed by atoms with van der Waals surface area (Å²) in [6.07, 6.45) is 0. The zero-order valence-electron chi connectivity index (χ0n) is 26.7. The lowest BCUT2D eigenvalue weighted by atomic mass is 10.0. The first kappa shape index (κ1) is 28.6. The van der Waals surface area contributed by atoms with Crippen LogP contribution in [0.25, 0.3) is 98.5 Å². The molecule has 0 atom stereocenters. The average Bonchev–Trinajstić information content (AvgIpc) is 3.76. The van der Waals surface area contributed by atoms with Crippen molar-refractivity contribution in [2.75, 3.05) is 0 Å². The highest BCUT2D eigenvalue weighted by atomic mass is 32.1. The lowest BCUT2D eigenvalue weighted by molar-refractivity contribution is 0.669. The number of furan rings is 1. The van der Waals surface area contributed by atoms with Crippen LogP contribution in [0.4, 0.5) is 0 Å². The number of hydrogen-bond acceptors (Lipinski definition) is 5. The molecule has 10 aromatic rings. The average molecular weight is 658 g/mol. The van der Waals surface area contributed by atoms with Crippen molar-refractivity contribution in [2.45, 2.75) is 0 Å². The standard InChI is InChI=1S/C45H27N3OS/c1-3-10-28(11-4-1)29-18-20-31(21-19-29)44-46-43(30-12-5-2-6-13-30)47-45(48-44)33-23-25-36-35-24-22-32(26-39(35)49-40(36)27-33)34-15-9-16-38-37-14-7-8-17-41(37)50-42(34)38/h1-27H. The van der Waals surface area contributed by atoms with Crippen LogP contribution in [0, 0.1) is 0 Å². The number of fused-ring (bicyclic) bond motifs is 6. The van der Waals surface area contributed by atoms with Crippen LogP contribution in [0.5, 0.6) is 0 Å². The molecule has 0 aliphatic heterocycles. The molecule has 0 saturated carbocycles. The quantitative estimate of drug-likeness (QED) is 0.185. The molecule has 5 heteroatoms. The van der Waals surface area contributed by atoms with E-state index in [9.17, 15) is 0 Å². The monoisotopic (exact) mass is 657 g/mol. The van der Waals surface area contributed by atoms with Crippen LogP contribution in [0.15, 0.2) is 168 Å². The Morgan fingerprint density at radius 3 is 1.58 bits per heavy atom. The van der Waals surface area contributed by atoms with Gasteiger partial charge in [-0.15, -0.1) is 11.3 Å². The van der Waals surface area contributed by atoms with Crippen LogP contribution in [-0.2, 0) is 0 Å². The third-order valence-corrected chi connectivity index (χ3v) is 10.6. The van der Waals surface area contributed by atoms with Crippen LogP contribution in [0.2, 0.25) is 0 Å². The van der Waals surface area contributed by atoms with E-state index in [1.54, 1.807) is 0 Å². The van der Waals surface area contributed by atoms with Gasteiger partial charge in [0.25, 0.3) is 0 Å². The molecule has 0 saturated heterocycles. The van der Waals surface area contributed by atoms with Crippen LogP contribution >= 0.6 is 11.3 Å². The summed E-state index contributed by atoms with van der Waals surface area (Å²) >= 11 is 1.84. The van der Waals surface area contributed by atoms with Gasteiger partial charge in [0.15, 0.2) is 17.5 Å². The molecule has 4 nitrogen and oxygen atoms in total. The van der Waals surface area contributed by atoms with Crippen LogP contribution in [0.3, 0.4) is 0 Å². The van der Waals surface area contributed by atoms with Crippen molar-refractivity contribution in [3.63, 3.8) is 0 Å². The van der Waals surface area contributed by atoms with E-state index in [2.05, 4.69) is 121 Å². The Morgan fingerprint density at radius 2 is 0.860 bits per heavy atom. The highest BCUT2D eigenvalue weighted by Crippen LogP contribution is 2.41. The Labute approximate surface area is 292 Å². The van der Waals surface area contributed by atoms with Crippen molar-refractivity contribution in [2.24, 2.45) is 0 Å². The Hall–Kier alpha value is -6.43. The second kappa shape index (κ2) is 11.6. The predicted octanol–water partition coefficient (Wildman–Crippen LogP) is 12.5. The maximum absolute atomic E-state index is 6.56. The molecule has 10 rings (SSSR count). The second-order valence-corrected chi connectivity index (χ2v) is 13.5. The molecule has 0 aliphatic rings. The molecule has 7 aromatic carbocycles. The minimum absolute atomic E-state index is 0.598. The van der Waals surface area contributed by atoms with Gasteiger partial charge in [-0.05, 0) is 52.6 Å². The maximum Gasteiger partial charge on any atom is 0.164 e. The van der Waals surface area contributed by atoms with Crippen molar-refractivity contribution in [1.29, 1.82) is 0 Å². The Morgan fingerprint density at radius 1 is 0.360 bits per heavy atom. The summed E-state index contributed by atoms with van der Waals surface area (Å²) in [6, 6.07) is 56.8. The molecule has 0 spiro atoms. The van der Waals surface area contributed by atoms with Crippen LogP contribution in [-0.4, -0.2) is 15.0 Å². The lowest BCUT2D eigenvalue weighted by Crippen LogP contribution is -2.00. The van der Waals surface area contributed by atoms with E-state index < -0.39 is 0 Å². The first-order valence-corrected chi connectivity index (χ1v) is 17.4. The van der Waals surface area contributed by atoms with Crippen molar-refractivity contribution in [3.05, 3.63) is 164 Å². The fourth-order valence-electron chi connectivity index (χ4n) is 6.85. The van der Waals surface area contributed by atoms with Crippen molar-refractivity contribution in [3.8, 4) is 56.4 Å². The van der Waals surface area contributed by atoms with E-state index in [-0.39, 0.29) is 0 Å². The van der Waals surface area contributed by atoms with E-state index in [4.69, 9.17) is 19.4 Å². The van der Waals surface area contributed by atoms with Gasteiger partial charge in [-0.2, -0.15) is 0 Å². The molecule has 0 bridgehead atoms. The fourth-order valence-corrected chi connectivity index (χ4v) is 8.09. The lowest BCUT2D eigenvalue weighted by Gasteiger charge is -2.09. The minimum atomic E-state index is 0.598. The Balaban J connectivity index is 1.07. The zero-order chi connectivity index (χ0) is 33.0. The molecular formula is C45H27N3OS. The fraction of sp³-hybridized carbons (Fsp3) is 0. The molecule has 3 aromatic heterocycles. The summed E-state index contributed by atoms with van der Waals surface area (Å²) in [6.45, 7) is 0. The smallest absolute Gasteiger partial charge is 0.164 e. The summed E-state index contributed by atoms with van der Waals surface area (Å²) in [4.78, 5) is 14.9. The molecule has 50 heavy (non-hydrogen) atoms. The number of hydrogen-bond donors (Lipinski definition) is 0. The SMILES string of the molecule is c1ccc(-c2ccc(-c3nc(-c4ccccc4)nc(-c4ccc5c(c4)oc4cc(-c6cccc7c6sc6ccccc67)ccc45)n3)cc2)cc1. The molecule has 0 aliphatic carbocycles. The van der Waals surface area contributed by atoms with E-state index in [1.807, 2.05) is 53.8 Å². The summed E-state index contributed by atoms with van der Waals surface area (Å²) in [5.41, 5.74) is 9.05. The number of benzene rings is 7. The normalized spacial score (nSPS) is 11.6. The molecule has 0 radical (unpaired) electrons. The molecule has 234 valence electrons. The first-order valence-electron chi connectivity index (χ1n) is 16.6. The van der Waals surface area contributed by atoms with Gasteiger partial charge in [-0.3, -0.25) is 0 Å². The highest BCUT2D eigenvalue weighted by molar-refractivity contribution is 7.26. The third-order valence-electron chi connectivity index (χ3n) is 9.36. The molecule has 0 N–H and O–H groups in total. The largest absolute Gasteiger partial charge is 0.456 e. The van der Waals surface area contributed by atoms with Gasteiger partial charge in [0, 0.05) is 47.6 Å². The van der Waals surface area contributed by atoms with Gasteiger partial charge in [0.1, 0.15) is 11.2 Å². The second-order valence-electron chi connectivity index (χ2n) is 12.4. The van der Waals surface area contributed by atoms with Crippen molar-refractivity contribution >= 4 is 53.4 Å². The molecule has 0 amide bonds.